The van der Waals surface area contributed by atoms with E-state index < -0.39 is 0 Å². The van der Waals surface area contributed by atoms with E-state index in [9.17, 15) is 9.59 Å². The predicted octanol–water partition coefficient (Wildman–Crippen LogP) is 0.924. The summed E-state index contributed by atoms with van der Waals surface area (Å²) >= 11 is 0. The van der Waals surface area contributed by atoms with Crippen LogP contribution in [0.3, 0.4) is 0 Å². The molecular weight excluding hydrogens is 256 g/mol. The number of carbonyl (C=O) groups is 2. The topological polar surface area (TPSA) is 69.3 Å². The van der Waals surface area contributed by atoms with Crippen molar-refractivity contribution < 1.29 is 9.59 Å². The monoisotopic (exact) mass is 270 g/mol. The molecule has 6 heteroatoms. The molecule has 1 aliphatic heterocycles. The van der Waals surface area contributed by atoms with Crippen molar-refractivity contribution >= 4 is 28.7 Å². The minimum atomic E-state index is -0.212. The summed E-state index contributed by atoms with van der Waals surface area (Å²) in [5.41, 5.74) is 0.750. The summed E-state index contributed by atoms with van der Waals surface area (Å²) < 4.78 is 0. The summed E-state index contributed by atoms with van der Waals surface area (Å²) in [5.74, 6) is 0.392. The first-order valence-corrected chi connectivity index (χ1v) is 6.34. The van der Waals surface area contributed by atoms with Gasteiger partial charge in [0.15, 0.2) is 0 Å². The van der Waals surface area contributed by atoms with E-state index in [1.54, 1.807) is 11.1 Å². The van der Waals surface area contributed by atoms with Crippen LogP contribution in [0.4, 0.5) is 5.82 Å². The SMILES string of the molecule is C=CC(=O)N1CCN(c2cc3cccnc3[nH]2)C(=O)C1. The Hall–Kier alpha value is -2.63. The molecule has 1 saturated heterocycles. The Kier molecular flexibility index (Phi) is 2.98. The van der Waals surface area contributed by atoms with Crippen LogP contribution in [-0.4, -0.2) is 46.3 Å². The number of piperazine rings is 1. The molecule has 0 aliphatic carbocycles. The highest BCUT2D eigenvalue weighted by Crippen LogP contribution is 2.21. The molecule has 2 aromatic rings. The van der Waals surface area contributed by atoms with Gasteiger partial charge in [0.1, 0.15) is 18.0 Å². The molecule has 1 N–H and O–H groups in total. The van der Waals surface area contributed by atoms with Gasteiger partial charge in [-0.1, -0.05) is 6.58 Å². The van der Waals surface area contributed by atoms with Crippen LogP contribution in [0.5, 0.6) is 0 Å². The summed E-state index contributed by atoms with van der Waals surface area (Å²) in [4.78, 5) is 34.1. The quantitative estimate of drug-likeness (QED) is 0.825. The van der Waals surface area contributed by atoms with E-state index in [1.807, 2.05) is 18.2 Å². The minimum absolute atomic E-state index is 0.0770. The van der Waals surface area contributed by atoms with Gasteiger partial charge in [-0.25, -0.2) is 4.98 Å². The molecule has 1 fully saturated rings. The number of rotatable bonds is 2. The molecule has 102 valence electrons. The van der Waals surface area contributed by atoms with Crippen LogP contribution in [0.1, 0.15) is 0 Å². The lowest BCUT2D eigenvalue weighted by molar-refractivity contribution is -0.133. The van der Waals surface area contributed by atoms with Crippen molar-refractivity contribution in [2.24, 2.45) is 0 Å². The number of anilines is 1. The van der Waals surface area contributed by atoms with Gasteiger partial charge < -0.3 is 9.88 Å². The Labute approximate surface area is 115 Å². The number of aromatic nitrogens is 2. The Morgan fingerprint density at radius 2 is 2.30 bits per heavy atom. The number of pyridine rings is 1. The third-order valence-electron chi connectivity index (χ3n) is 3.38. The van der Waals surface area contributed by atoms with Crippen LogP contribution in [0.2, 0.25) is 0 Å². The maximum absolute atomic E-state index is 12.2. The second kappa shape index (κ2) is 4.80. The van der Waals surface area contributed by atoms with Crippen LogP contribution in [-0.2, 0) is 9.59 Å². The zero-order chi connectivity index (χ0) is 14.1. The molecule has 0 bridgehead atoms. The van der Waals surface area contributed by atoms with Gasteiger partial charge in [0.25, 0.3) is 0 Å². The number of nitrogens with one attached hydrogen (secondary N) is 1. The number of carbonyl (C=O) groups excluding carboxylic acids is 2. The minimum Gasteiger partial charge on any atom is -0.328 e. The molecule has 6 nitrogen and oxygen atoms in total. The number of hydrogen-bond donors (Lipinski definition) is 1. The molecule has 0 unspecified atom stereocenters. The molecular formula is C14H14N4O2. The zero-order valence-corrected chi connectivity index (χ0v) is 10.9. The first kappa shape index (κ1) is 12.4. The third-order valence-corrected chi connectivity index (χ3v) is 3.38. The molecule has 0 spiro atoms. The maximum atomic E-state index is 12.2. The number of nitrogens with zero attached hydrogens (tertiary/aromatic N) is 3. The van der Waals surface area contributed by atoms with Gasteiger partial charge in [-0.05, 0) is 24.3 Å². The zero-order valence-electron chi connectivity index (χ0n) is 10.9. The Morgan fingerprint density at radius 1 is 1.45 bits per heavy atom. The highest BCUT2D eigenvalue weighted by Gasteiger charge is 2.27. The van der Waals surface area contributed by atoms with E-state index in [0.717, 1.165) is 16.9 Å². The van der Waals surface area contributed by atoms with Gasteiger partial charge in [0, 0.05) is 24.7 Å². The molecule has 3 rings (SSSR count). The van der Waals surface area contributed by atoms with Crippen molar-refractivity contribution in [1.29, 1.82) is 0 Å². The van der Waals surface area contributed by atoms with Gasteiger partial charge in [0.05, 0.1) is 0 Å². The summed E-state index contributed by atoms with van der Waals surface area (Å²) in [6.07, 6.45) is 2.93. The van der Waals surface area contributed by atoms with Crippen LogP contribution in [0.25, 0.3) is 11.0 Å². The van der Waals surface area contributed by atoms with Crippen LogP contribution in [0, 0.1) is 0 Å². The first-order valence-electron chi connectivity index (χ1n) is 6.34. The lowest BCUT2D eigenvalue weighted by Crippen LogP contribution is -2.52. The summed E-state index contributed by atoms with van der Waals surface area (Å²) in [6.45, 7) is 4.48. The lowest BCUT2D eigenvalue weighted by Gasteiger charge is -2.32. The van der Waals surface area contributed by atoms with E-state index in [0.29, 0.717) is 13.1 Å². The second-order valence-electron chi connectivity index (χ2n) is 4.61. The van der Waals surface area contributed by atoms with Crippen molar-refractivity contribution in [3.63, 3.8) is 0 Å². The largest absolute Gasteiger partial charge is 0.328 e. The van der Waals surface area contributed by atoms with E-state index in [-0.39, 0.29) is 18.4 Å². The Balaban J connectivity index is 1.83. The second-order valence-corrected chi connectivity index (χ2v) is 4.61. The fourth-order valence-electron chi connectivity index (χ4n) is 2.33. The average molecular weight is 270 g/mol. The number of aromatic amines is 1. The summed E-state index contributed by atoms with van der Waals surface area (Å²) in [5, 5.41) is 0.958. The molecule has 2 aromatic heterocycles. The maximum Gasteiger partial charge on any atom is 0.247 e. The van der Waals surface area contributed by atoms with Crippen LogP contribution >= 0.6 is 0 Å². The van der Waals surface area contributed by atoms with Crippen LogP contribution in [0.15, 0.2) is 37.1 Å². The standard InChI is InChI=1S/C14H14N4O2/c1-2-12(19)17-6-7-18(13(20)9-17)11-8-10-4-3-5-15-14(10)16-11/h2-5,8H,1,6-7,9H2,(H,15,16). The van der Waals surface area contributed by atoms with Gasteiger partial charge in [0.2, 0.25) is 11.8 Å². The van der Waals surface area contributed by atoms with Crippen molar-refractivity contribution in [2.75, 3.05) is 24.5 Å². The Morgan fingerprint density at radius 3 is 3.00 bits per heavy atom. The number of amides is 2. The molecule has 2 amide bonds. The molecule has 1 aliphatic rings. The Bertz CT molecular complexity index is 658. The summed E-state index contributed by atoms with van der Waals surface area (Å²) in [7, 11) is 0. The van der Waals surface area contributed by atoms with Gasteiger partial charge in [-0.2, -0.15) is 0 Å². The van der Waals surface area contributed by atoms with E-state index >= 15 is 0 Å². The van der Waals surface area contributed by atoms with Crippen molar-refractivity contribution in [3.05, 3.63) is 37.1 Å². The van der Waals surface area contributed by atoms with Gasteiger partial charge >= 0.3 is 0 Å². The molecule has 0 atom stereocenters. The average Bonchev–Trinajstić information content (AvgIpc) is 2.89. The number of hydrogen-bond acceptors (Lipinski definition) is 3. The van der Waals surface area contributed by atoms with E-state index in [4.69, 9.17) is 0 Å². The van der Waals surface area contributed by atoms with Gasteiger partial charge in [-0.15, -0.1) is 0 Å². The van der Waals surface area contributed by atoms with Crippen molar-refractivity contribution in [1.82, 2.24) is 14.9 Å². The fraction of sp³-hybridized carbons (Fsp3) is 0.214. The highest BCUT2D eigenvalue weighted by atomic mass is 16.2. The van der Waals surface area contributed by atoms with E-state index in [1.165, 1.54) is 11.0 Å². The summed E-state index contributed by atoms with van der Waals surface area (Å²) in [6, 6.07) is 5.68. The number of fused-ring (bicyclic) bond motifs is 1. The number of H-pyrrole nitrogens is 1. The fourth-order valence-corrected chi connectivity index (χ4v) is 2.33. The smallest absolute Gasteiger partial charge is 0.247 e. The van der Waals surface area contributed by atoms with Crippen molar-refractivity contribution in [3.8, 4) is 0 Å². The first-order chi connectivity index (χ1) is 9.69. The molecule has 0 saturated carbocycles. The van der Waals surface area contributed by atoms with Gasteiger partial charge in [-0.3, -0.25) is 14.5 Å². The molecule has 0 aromatic carbocycles. The normalized spacial score (nSPS) is 15.7. The van der Waals surface area contributed by atoms with Crippen LogP contribution < -0.4 is 4.90 Å². The van der Waals surface area contributed by atoms with Crippen molar-refractivity contribution in [2.45, 2.75) is 0 Å². The third kappa shape index (κ3) is 2.05. The predicted molar refractivity (Wildman–Crippen MR) is 75.2 cm³/mol. The van der Waals surface area contributed by atoms with E-state index in [2.05, 4.69) is 16.5 Å². The lowest BCUT2D eigenvalue weighted by atomic mass is 10.3. The molecule has 0 radical (unpaired) electrons. The molecule has 3 heterocycles. The highest BCUT2D eigenvalue weighted by molar-refractivity contribution is 6.00. The molecule has 20 heavy (non-hydrogen) atoms.